The Hall–Kier alpha value is -1.78. The molecule has 0 aliphatic heterocycles. The second-order valence-electron chi connectivity index (χ2n) is 4.80. The van der Waals surface area contributed by atoms with Crippen molar-refractivity contribution in [2.45, 2.75) is 13.0 Å². The number of halogens is 1. The van der Waals surface area contributed by atoms with E-state index in [9.17, 15) is 0 Å². The number of nitrogens with one attached hydrogen (secondary N) is 2. The number of hydrogen-bond donors (Lipinski definition) is 2. The average molecular weight is 335 g/mol. The highest BCUT2D eigenvalue weighted by Crippen LogP contribution is 2.17. The van der Waals surface area contributed by atoms with Gasteiger partial charge in [0.2, 0.25) is 0 Å². The second-order valence-corrected chi connectivity index (χ2v) is 5.64. The fourth-order valence-electron chi connectivity index (χ4n) is 2.07. The number of benzene rings is 2. The Morgan fingerprint density at radius 2 is 1.82 bits per heavy atom. The molecule has 2 rings (SSSR count). The summed E-state index contributed by atoms with van der Waals surface area (Å²) in [5.74, 6) is 0.907. The summed E-state index contributed by atoms with van der Waals surface area (Å²) in [5.41, 5.74) is 2.30. The molecule has 116 valence electrons. The summed E-state index contributed by atoms with van der Waals surface area (Å²) in [6.45, 7) is 1.44. The fourth-order valence-corrected chi connectivity index (χ4v) is 2.37. The molecule has 0 aliphatic carbocycles. The molecule has 0 aliphatic rings. The van der Waals surface area contributed by atoms with E-state index in [0.29, 0.717) is 11.7 Å². The Morgan fingerprint density at radius 1 is 1.09 bits per heavy atom. The average Bonchev–Trinajstić information content (AvgIpc) is 2.55. The van der Waals surface area contributed by atoms with Gasteiger partial charge in [0.25, 0.3) is 0 Å². The molecule has 0 saturated carbocycles. The number of methoxy groups -OCH3 is 1. The maximum absolute atomic E-state index is 5.86. The van der Waals surface area contributed by atoms with Crippen molar-refractivity contribution in [3.05, 3.63) is 64.7 Å². The minimum Gasteiger partial charge on any atom is -0.496 e. The van der Waals surface area contributed by atoms with Gasteiger partial charge in [-0.05, 0) is 48.0 Å². The van der Waals surface area contributed by atoms with Crippen LogP contribution in [-0.2, 0) is 13.0 Å². The summed E-state index contributed by atoms with van der Waals surface area (Å²) in [6.07, 6.45) is 0.854. The predicted octanol–water partition coefficient (Wildman–Crippen LogP) is 3.56. The van der Waals surface area contributed by atoms with Crippen LogP contribution in [-0.4, -0.2) is 18.8 Å². The first-order chi connectivity index (χ1) is 10.7. The third-order valence-corrected chi connectivity index (χ3v) is 3.78. The van der Waals surface area contributed by atoms with Gasteiger partial charge in [0.05, 0.1) is 7.11 Å². The molecule has 0 saturated heterocycles. The highest BCUT2D eigenvalue weighted by molar-refractivity contribution is 7.80. The zero-order valence-electron chi connectivity index (χ0n) is 12.4. The molecule has 0 bridgehead atoms. The lowest BCUT2D eigenvalue weighted by Gasteiger charge is -2.12. The van der Waals surface area contributed by atoms with Crippen LogP contribution in [0, 0.1) is 0 Å². The third-order valence-electron chi connectivity index (χ3n) is 3.24. The molecule has 0 aromatic heterocycles. The number of thiocarbonyl (C=S) groups is 1. The lowest BCUT2D eigenvalue weighted by Crippen LogP contribution is -2.35. The molecule has 0 fully saturated rings. The summed E-state index contributed by atoms with van der Waals surface area (Å²) >= 11 is 11.1. The van der Waals surface area contributed by atoms with Gasteiger partial charge in [0, 0.05) is 18.1 Å². The van der Waals surface area contributed by atoms with Gasteiger partial charge >= 0.3 is 0 Å². The lowest BCUT2D eigenvalue weighted by molar-refractivity contribution is 0.409. The van der Waals surface area contributed by atoms with Gasteiger partial charge in [-0.2, -0.15) is 0 Å². The monoisotopic (exact) mass is 334 g/mol. The van der Waals surface area contributed by atoms with Gasteiger partial charge in [0.15, 0.2) is 5.11 Å². The summed E-state index contributed by atoms with van der Waals surface area (Å²) in [6, 6.07) is 15.7. The van der Waals surface area contributed by atoms with Crippen LogP contribution in [0.5, 0.6) is 5.75 Å². The lowest BCUT2D eigenvalue weighted by atomic mass is 10.1. The minimum atomic E-state index is 0.643. The van der Waals surface area contributed by atoms with E-state index in [4.69, 9.17) is 28.6 Å². The molecular weight excluding hydrogens is 316 g/mol. The number of para-hydroxylation sites is 1. The summed E-state index contributed by atoms with van der Waals surface area (Å²) in [7, 11) is 1.69. The molecule has 0 heterocycles. The van der Waals surface area contributed by atoms with Crippen LogP contribution < -0.4 is 15.4 Å². The van der Waals surface area contributed by atoms with Crippen molar-refractivity contribution in [3.8, 4) is 5.75 Å². The Kier molecular flexibility index (Phi) is 6.49. The molecule has 2 N–H and O–H groups in total. The van der Waals surface area contributed by atoms with Crippen LogP contribution in [0.1, 0.15) is 11.1 Å². The van der Waals surface area contributed by atoms with Crippen LogP contribution in [0.25, 0.3) is 0 Å². The molecule has 0 spiro atoms. The largest absolute Gasteiger partial charge is 0.496 e. The van der Waals surface area contributed by atoms with E-state index in [2.05, 4.69) is 16.7 Å². The minimum absolute atomic E-state index is 0.643. The van der Waals surface area contributed by atoms with Crippen LogP contribution in [0.2, 0.25) is 5.02 Å². The zero-order chi connectivity index (χ0) is 15.8. The van der Waals surface area contributed by atoms with Crippen molar-refractivity contribution in [2.75, 3.05) is 13.7 Å². The van der Waals surface area contributed by atoms with Gasteiger partial charge in [-0.25, -0.2) is 0 Å². The molecule has 5 heteroatoms. The highest BCUT2D eigenvalue weighted by Gasteiger charge is 2.02. The quantitative estimate of drug-likeness (QED) is 0.791. The maximum Gasteiger partial charge on any atom is 0.166 e. The first-order valence-electron chi connectivity index (χ1n) is 7.07. The first kappa shape index (κ1) is 16.6. The van der Waals surface area contributed by atoms with Crippen molar-refractivity contribution in [3.63, 3.8) is 0 Å². The van der Waals surface area contributed by atoms with Crippen LogP contribution in [0.15, 0.2) is 48.5 Å². The third kappa shape index (κ3) is 5.20. The number of ether oxygens (including phenoxy) is 1. The van der Waals surface area contributed by atoms with Crippen LogP contribution in [0.4, 0.5) is 0 Å². The molecule has 0 amide bonds. The van der Waals surface area contributed by atoms with Crippen LogP contribution in [0.3, 0.4) is 0 Å². The molecule has 0 atom stereocenters. The molecule has 3 nitrogen and oxygen atoms in total. The molecule has 22 heavy (non-hydrogen) atoms. The van der Waals surface area contributed by atoms with Crippen molar-refractivity contribution in [1.82, 2.24) is 10.6 Å². The Morgan fingerprint density at radius 3 is 2.55 bits per heavy atom. The van der Waals surface area contributed by atoms with Crippen molar-refractivity contribution in [2.24, 2.45) is 0 Å². The first-order valence-corrected chi connectivity index (χ1v) is 7.85. The summed E-state index contributed by atoms with van der Waals surface area (Å²) < 4.78 is 5.33. The van der Waals surface area contributed by atoms with Crippen LogP contribution >= 0.6 is 23.8 Å². The highest BCUT2D eigenvalue weighted by atomic mass is 35.5. The smallest absolute Gasteiger partial charge is 0.166 e. The summed E-state index contributed by atoms with van der Waals surface area (Å²) in [4.78, 5) is 0. The van der Waals surface area contributed by atoms with Crippen molar-refractivity contribution >= 4 is 28.9 Å². The molecule has 2 aromatic rings. The van der Waals surface area contributed by atoms with Gasteiger partial charge < -0.3 is 15.4 Å². The molecular formula is C17H19ClN2OS. The number of rotatable bonds is 6. The molecule has 0 unspecified atom stereocenters. The van der Waals surface area contributed by atoms with Gasteiger partial charge in [0.1, 0.15) is 5.75 Å². The Bertz CT molecular complexity index is 616. The Labute approximate surface area is 141 Å². The fraction of sp³-hybridized carbons (Fsp3) is 0.235. The van der Waals surface area contributed by atoms with E-state index < -0.39 is 0 Å². The van der Waals surface area contributed by atoms with E-state index in [0.717, 1.165) is 34.9 Å². The van der Waals surface area contributed by atoms with Gasteiger partial charge in [-0.15, -0.1) is 0 Å². The normalized spacial score (nSPS) is 10.1. The van der Waals surface area contributed by atoms with Crippen molar-refractivity contribution < 1.29 is 4.74 Å². The SMILES string of the molecule is COc1ccccc1CCNC(=S)NCc1ccc(Cl)cc1. The summed E-state index contributed by atoms with van der Waals surface area (Å²) in [5, 5.41) is 7.76. The predicted molar refractivity (Wildman–Crippen MR) is 95.6 cm³/mol. The van der Waals surface area contributed by atoms with Crippen molar-refractivity contribution in [1.29, 1.82) is 0 Å². The topological polar surface area (TPSA) is 33.3 Å². The van der Waals surface area contributed by atoms with Gasteiger partial charge in [-0.1, -0.05) is 41.9 Å². The Balaban J connectivity index is 1.72. The van der Waals surface area contributed by atoms with Gasteiger partial charge in [-0.3, -0.25) is 0 Å². The van der Waals surface area contributed by atoms with E-state index in [1.54, 1.807) is 7.11 Å². The van der Waals surface area contributed by atoms with E-state index >= 15 is 0 Å². The zero-order valence-corrected chi connectivity index (χ0v) is 14.0. The van der Waals surface area contributed by atoms with E-state index in [1.165, 1.54) is 0 Å². The molecule has 0 radical (unpaired) electrons. The maximum atomic E-state index is 5.86. The second kappa shape index (κ2) is 8.61. The molecule has 2 aromatic carbocycles. The standard InChI is InChI=1S/C17H19ClN2OS/c1-21-16-5-3-2-4-14(16)10-11-19-17(22)20-12-13-6-8-15(18)9-7-13/h2-9H,10-12H2,1H3,(H2,19,20,22). The number of hydrogen-bond acceptors (Lipinski definition) is 2. The van der Waals surface area contributed by atoms with E-state index in [-0.39, 0.29) is 0 Å². The van der Waals surface area contributed by atoms with E-state index in [1.807, 2.05) is 42.5 Å².